The third-order valence-corrected chi connectivity index (χ3v) is 6.34. The van der Waals surface area contributed by atoms with Crippen LogP contribution in [0.1, 0.15) is 55.7 Å². The summed E-state index contributed by atoms with van der Waals surface area (Å²) in [5.41, 5.74) is 3.61. The lowest BCUT2D eigenvalue weighted by molar-refractivity contribution is 0.380. The molecule has 0 amide bonds. The zero-order valence-corrected chi connectivity index (χ0v) is 18.1. The molecule has 1 saturated carbocycles. The summed E-state index contributed by atoms with van der Waals surface area (Å²) in [6.45, 7) is 3.69. The topological polar surface area (TPSA) is 125 Å². The minimum Gasteiger partial charge on any atom is -0.324 e. The fourth-order valence-corrected chi connectivity index (χ4v) is 4.58. The fourth-order valence-electron chi connectivity index (χ4n) is 4.02. The van der Waals surface area contributed by atoms with Gasteiger partial charge in [-0.3, -0.25) is 5.09 Å². The van der Waals surface area contributed by atoms with Crippen molar-refractivity contribution in [1.29, 1.82) is 0 Å². The number of fused-ring (bicyclic) bond motifs is 1. The molecule has 2 aromatic heterocycles. The van der Waals surface area contributed by atoms with Crippen LogP contribution < -0.4 is 10.4 Å². The molecule has 0 radical (unpaired) electrons. The van der Waals surface area contributed by atoms with Crippen molar-refractivity contribution in [2.24, 2.45) is 0 Å². The first-order valence-electron chi connectivity index (χ1n) is 10.2. The van der Waals surface area contributed by atoms with Gasteiger partial charge in [0.2, 0.25) is 5.95 Å². The Hall–Kier alpha value is -2.48. The lowest BCUT2D eigenvalue weighted by Gasteiger charge is -2.17. The fraction of sp³-hybridized carbons (Fsp3) is 0.450. The summed E-state index contributed by atoms with van der Waals surface area (Å²) < 4.78 is 13.3. The van der Waals surface area contributed by atoms with Crippen LogP contribution in [0.15, 0.2) is 24.5 Å². The lowest BCUT2D eigenvalue weighted by atomic mass is 10.1. The molecule has 30 heavy (non-hydrogen) atoms. The van der Waals surface area contributed by atoms with E-state index in [0.717, 1.165) is 40.7 Å². The van der Waals surface area contributed by atoms with Gasteiger partial charge in [-0.1, -0.05) is 25.7 Å². The minimum atomic E-state index is -4.36. The number of nitrogens with one attached hydrogen (secondary N) is 2. The monoisotopic (exact) mass is 430 g/mol. The van der Waals surface area contributed by atoms with Gasteiger partial charge in [0.05, 0.1) is 17.6 Å². The van der Waals surface area contributed by atoms with E-state index in [1.54, 1.807) is 18.3 Å². The van der Waals surface area contributed by atoms with E-state index in [9.17, 15) is 14.4 Å². The highest BCUT2D eigenvalue weighted by atomic mass is 31.2. The van der Waals surface area contributed by atoms with E-state index in [1.807, 2.05) is 24.7 Å². The maximum absolute atomic E-state index is 11.3. The van der Waals surface area contributed by atoms with Gasteiger partial charge in [-0.2, -0.15) is 10.1 Å². The number of rotatable bonds is 5. The van der Waals surface area contributed by atoms with Crippen LogP contribution in [0.25, 0.3) is 11.0 Å². The molecule has 0 aliphatic heterocycles. The summed E-state index contributed by atoms with van der Waals surface area (Å²) in [5, 5.41) is 11.0. The largest absolute Gasteiger partial charge is 0.427 e. The van der Waals surface area contributed by atoms with Gasteiger partial charge in [-0.15, -0.1) is 0 Å². The number of hydrogen-bond acceptors (Lipinski definition) is 5. The number of benzene rings is 1. The van der Waals surface area contributed by atoms with Crippen molar-refractivity contribution in [2.45, 2.75) is 58.4 Å². The van der Waals surface area contributed by atoms with Gasteiger partial charge in [0.15, 0.2) is 5.65 Å². The molecule has 3 aromatic rings. The summed E-state index contributed by atoms with van der Waals surface area (Å²) in [6.07, 6.45) is 10.8. The van der Waals surface area contributed by atoms with Gasteiger partial charge in [0.25, 0.3) is 0 Å². The van der Waals surface area contributed by atoms with Crippen LogP contribution >= 0.6 is 7.75 Å². The van der Waals surface area contributed by atoms with E-state index in [0.29, 0.717) is 17.7 Å². The van der Waals surface area contributed by atoms with Crippen molar-refractivity contribution in [3.05, 3.63) is 35.7 Å². The first kappa shape index (κ1) is 20.8. The van der Waals surface area contributed by atoms with Gasteiger partial charge in [-0.05, 0) is 49.9 Å². The summed E-state index contributed by atoms with van der Waals surface area (Å²) in [5.74, 6) is 0.469. The average Bonchev–Trinajstić information content (AvgIpc) is 2.92. The maximum atomic E-state index is 11.3. The molecule has 0 atom stereocenters. The Balaban J connectivity index is 1.62. The highest BCUT2D eigenvalue weighted by molar-refractivity contribution is 7.53. The zero-order chi connectivity index (χ0) is 21.3. The van der Waals surface area contributed by atoms with Gasteiger partial charge in [0, 0.05) is 17.6 Å². The Labute approximate surface area is 175 Å². The van der Waals surface area contributed by atoms with E-state index >= 15 is 0 Å². The SMILES string of the molecule is Cc1c(Nc2ncc3cnn(C4CCCCCC4)c3n2)ccc(NP(=O)(O)O)c1C. The second-order valence-corrected chi connectivity index (χ2v) is 9.21. The predicted octanol–water partition coefficient (Wildman–Crippen LogP) is 4.59. The third-order valence-electron chi connectivity index (χ3n) is 5.80. The van der Waals surface area contributed by atoms with Crippen molar-refractivity contribution in [3.63, 3.8) is 0 Å². The average molecular weight is 430 g/mol. The number of anilines is 3. The maximum Gasteiger partial charge on any atom is 0.427 e. The highest BCUT2D eigenvalue weighted by Crippen LogP contribution is 2.38. The van der Waals surface area contributed by atoms with E-state index in [-0.39, 0.29) is 0 Å². The van der Waals surface area contributed by atoms with Crippen molar-refractivity contribution >= 4 is 36.1 Å². The first-order chi connectivity index (χ1) is 14.3. The third kappa shape index (κ3) is 4.48. The Kier molecular flexibility index (Phi) is 5.77. The van der Waals surface area contributed by atoms with E-state index in [1.165, 1.54) is 25.7 Å². The molecular weight excluding hydrogens is 403 g/mol. The molecule has 10 heteroatoms. The number of aromatic nitrogens is 4. The Morgan fingerprint density at radius 1 is 1.03 bits per heavy atom. The molecular formula is C20H27N6O3P. The molecule has 1 aliphatic carbocycles. The van der Waals surface area contributed by atoms with Crippen LogP contribution in [-0.4, -0.2) is 29.5 Å². The van der Waals surface area contributed by atoms with Crippen molar-refractivity contribution < 1.29 is 14.4 Å². The molecule has 1 aliphatic rings. The second kappa shape index (κ2) is 8.34. The standard InChI is InChI=1S/C20H27N6O3P/c1-13-14(2)18(25-30(27,28)29)10-9-17(13)23-20-21-11-15-12-22-26(19(15)24-20)16-7-5-3-4-6-8-16/h9-12,16H,3-8H2,1-2H3,(H,21,23,24)(H3,25,27,28,29). The minimum absolute atomic E-state index is 0.370. The molecule has 9 nitrogen and oxygen atoms in total. The molecule has 1 fully saturated rings. The molecule has 2 heterocycles. The van der Waals surface area contributed by atoms with Gasteiger partial charge in [-0.25, -0.2) is 14.2 Å². The van der Waals surface area contributed by atoms with Crippen LogP contribution in [0.2, 0.25) is 0 Å². The molecule has 4 N–H and O–H groups in total. The van der Waals surface area contributed by atoms with E-state index < -0.39 is 7.75 Å². The van der Waals surface area contributed by atoms with Crippen LogP contribution in [0, 0.1) is 13.8 Å². The highest BCUT2D eigenvalue weighted by Gasteiger charge is 2.19. The van der Waals surface area contributed by atoms with Gasteiger partial charge < -0.3 is 15.1 Å². The Morgan fingerprint density at radius 3 is 2.40 bits per heavy atom. The molecule has 1 aromatic carbocycles. The predicted molar refractivity (Wildman–Crippen MR) is 117 cm³/mol. The Morgan fingerprint density at radius 2 is 1.70 bits per heavy atom. The number of hydrogen-bond donors (Lipinski definition) is 4. The first-order valence-corrected chi connectivity index (χ1v) is 11.8. The van der Waals surface area contributed by atoms with Crippen LogP contribution in [-0.2, 0) is 4.57 Å². The molecule has 160 valence electrons. The van der Waals surface area contributed by atoms with Crippen molar-refractivity contribution in [1.82, 2.24) is 19.7 Å². The number of nitrogens with zero attached hydrogens (tertiary/aromatic N) is 4. The quantitative estimate of drug-likeness (QED) is 0.342. The summed E-state index contributed by atoms with van der Waals surface area (Å²) in [6, 6.07) is 3.77. The van der Waals surface area contributed by atoms with E-state index in [4.69, 9.17) is 4.98 Å². The van der Waals surface area contributed by atoms with Crippen LogP contribution in [0.3, 0.4) is 0 Å². The molecule has 0 unspecified atom stereocenters. The summed E-state index contributed by atoms with van der Waals surface area (Å²) in [7, 11) is -4.36. The molecule has 0 spiro atoms. The van der Waals surface area contributed by atoms with Crippen molar-refractivity contribution in [3.8, 4) is 0 Å². The summed E-state index contributed by atoms with van der Waals surface area (Å²) >= 11 is 0. The molecule has 4 rings (SSSR count). The van der Waals surface area contributed by atoms with Gasteiger partial charge in [0.1, 0.15) is 0 Å². The van der Waals surface area contributed by atoms with Gasteiger partial charge >= 0.3 is 7.75 Å². The van der Waals surface area contributed by atoms with Crippen LogP contribution in [0.5, 0.6) is 0 Å². The second-order valence-electron chi connectivity index (χ2n) is 7.90. The molecule has 0 bridgehead atoms. The Bertz CT molecular complexity index is 1100. The molecule has 0 saturated heterocycles. The zero-order valence-electron chi connectivity index (χ0n) is 17.2. The van der Waals surface area contributed by atoms with Crippen molar-refractivity contribution in [2.75, 3.05) is 10.4 Å². The lowest BCUT2D eigenvalue weighted by Crippen LogP contribution is -2.11. The smallest absolute Gasteiger partial charge is 0.324 e. The van der Waals surface area contributed by atoms with Crippen LogP contribution in [0.4, 0.5) is 17.3 Å². The van der Waals surface area contributed by atoms with E-state index in [2.05, 4.69) is 20.5 Å². The summed E-state index contributed by atoms with van der Waals surface area (Å²) in [4.78, 5) is 27.5. The normalized spacial score (nSPS) is 15.9.